The van der Waals surface area contributed by atoms with Gasteiger partial charge in [0.15, 0.2) is 0 Å². The molecule has 120 valence electrons. The molecule has 1 aliphatic heterocycles. The molecular weight excluding hydrogens is 274 g/mol. The lowest BCUT2D eigenvalue weighted by molar-refractivity contribution is -0.190. The highest BCUT2D eigenvalue weighted by Crippen LogP contribution is 2.20. The molecule has 0 aromatic rings. The van der Waals surface area contributed by atoms with Crippen LogP contribution in [0.1, 0.15) is 39.5 Å². The van der Waals surface area contributed by atoms with Crippen molar-refractivity contribution in [2.45, 2.75) is 39.5 Å². The SMILES string of the molecule is C=C1CCC(=O)N1OC(=O)COCCOCCCC(C)C. The summed E-state index contributed by atoms with van der Waals surface area (Å²) >= 11 is 0. The van der Waals surface area contributed by atoms with Gasteiger partial charge in [0.1, 0.15) is 6.61 Å². The molecule has 0 aromatic heterocycles. The van der Waals surface area contributed by atoms with E-state index in [1.54, 1.807) is 0 Å². The second kappa shape index (κ2) is 9.52. The Morgan fingerprint density at radius 2 is 1.95 bits per heavy atom. The summed E-state index contributed by atoms with van der Waals surface area (Å²) in [7, 11) is 0. The Bertz CT molecular complexity index is 351. The maximum absolute atomic E-state index is 11.5. The summed E-state index contributed by atoms with van der Waals surface area (Å²) in [6.07, 6.45) is 3.02. The molecule has 21 heavy (non-hydrogen) atoms. The number of hydroxylamine groups is 2. The number of hydrogen-bond donors (Lipinski definition) is 0. The number of carbonyl (C=O) groups excluding carboxylic acids is 2. The van der Waals surface area contributed by atoms with Gasteiger partial charge in [0, 0.05) is 13.0 Å². The normalized spacial score (nSPS) is 15.1. The minimum absolute atomic E-state index is 0.202. The van der Waals surface area contributed by atoms with Crippen LogP contribution in [0.25, 0.3) is 0 Å². The summed E-state index contributed by atoms with van der Waals surface area (Å²) in [6, 6.07) is 0. The molecule has 6 nitrogen and oxygen atoms in total. The van der Waals surface area contributed by atoms with Crippen LogP contribution in [-0.2, 0) is 23.9 Å². The predicted molar refractivity (Wildman–Crippen MR) is 77.0 cm³/mol. The van der Waals surface area contributed by atoms with Gasteiger partial charge in [-0.15, -0.1) is 5.06 Å². The van der Waals surface area contributed by atoms with Crippen LogP contribution < -0.4 is 0 Å². The van der Waals surface area contributed by atoms with Crippen molar-refractivity contribution in [3.8, 4) is 0 Å². The molecule has 0 aliphatic carbocycles. The Morgan fingerprint density at radius 1 is 1.24 bits per heavy atom. The summed E-state index contributed by atoms with van der Waals surface area (Å²) in [6.45, 7) is 9.28. The zero-order chi connectivity index (χ0) is 15.7. The maximum Gasteiger partial charge on any atom is 0.358 e. The largest absolute Gasteiger partial charge is 0.379 e. The van der Waals surface area contributed by atoms with E-state index in [1.807, 2.05) is 0 Å². The summed E-state index contributed by atoms with van der Waals surface area (Å²) in [4.78, 5) is 27.7. The Morgan fingerprint density at radius 3 is 2.57 bits per heavy atom. The average molecular weight is 299 g/mol. The van der Waals surface area contributed by atoms with Gasteiger partial charge in [-0.05, 0) is 25.2 Å². The lowest BCUT2D eigenvalue weighted by Gasteiger charge is -2.15. The standard InChI is InChI=1S/C15H25NO5/c1-12(2)5-4-8-19-9-10-20-11-15(18)21-16-13(3)6-7-14(16)17/h12H,3-11H2,1-2H3. The Balaban J connectivity index is 1.99. The number of amides is 1. The lowest BCUT2D eigenvalue weighted by Crippen LogP contribution is -2.29. The van der Waals surface area contributed by atoms with Gasteiger partial charge in [-0.2, -0.15) is 0 Å². The third-order valence-electron chi connectivity index (χ3n) is 3.00. The van der Waals surface area contributed by atoms with Gasteiger partial charge in [0.25, 0.3) is 5.91 Å². The van der Waals surface area contributed by atoms with Crippen molar-refractivity contribution >= 4 is 11.9 Å². The number of allylic oxidation sites excluding steroid dienone is 1. The number of nitrogens with zero attached hydrogens (tertiary/aromatic N) is 1. The molecule has 0 spiro atoms. The summed E-state index contributed by atoms with van der Waals surface area (Å²) in [5, 5.41) is 0.952. The predicted octanol–water partition coefficient (Wildman–Crippen LogP) is 2.05. The zero-order valence-electron chi connectivity index (χ0n) is 12.9. The Labute approximate surface area is 126 Å². The number of carbonyl (C=O) groups is 2. The van der Waals surface area contributed by atoms with E-state index >= 15 is 0 Å². The second-order valence-electron chi connectivity index (χ2n) is 5.42. The van der Waals surface area contributed by atoms with E-state index < -0.39 is 5.97 Å². The van der Waals surface area contributed by atoms with Crippen molar-refractivity contribution in [3.05, 3.63) is 12.3 Å². The topological polar surface area (TPSA) is 65.1 Å². The molecule has 1 rings (SSSR count). The molecule has 1 fully saturated rings. The molecule has 1 saturated heterocycles. The van der Waals surface area contributed by atoms with Crippen LogP contribution >= 0.6 is 0 Å². The number of hydrogen-bond acceptors (Lipinski definition) is 5. The third-order valence-corrected chi connectivity index (χ3v) is 3.00. The highest BCUT2D eigenvalue weighted by atomic mass is 16.7. The van der Waals surface area contributed by atoms with E-state index in [1.165, 1.54) is 0 Å². The summed E-state index contributed by atoms with van der Waals surface area (Å²) in [5.41, 5.74) is 0.502. The highest BCUT2D eigenvalue weighted by molar-refractivity contribution is 5.82. The van der Waals surface area contributed by atoms with Crippen molar-refractivity contribution in [2.75, 3.05) is 26.4 Å². The third kappa shape index (κ3) is 7.24. The number of rotatable bonds is 10. The van der Waals surface area contributed by atoms with Crippen molar-refractivity contribution in [1.29, 1.82) is 0 Å². The van der Waals surface area contributed by atoms with Crippen LogP contribution in [0.5, 0.6) is 0 Å². The molecule has 0 atom stereocenters. The van der Waals surface area contributed by atoms with E-state index in [9.17, 15) is 9.59 Å². The van der Waals surface area contributed by atoms with Crippen molar-refractivity contribution < 1.29 is 23.9 Å². The molecule has 1 heterocycles. The van der Waals surface area contributed by atoms with Gasteiger partial charge in [0.05, 0.1) is 18.9 Å². The maximum atomic E-state index is 11.5. The lowest BCUT2D eigenvalue weighted by atomic mass is 10.1. The van der Waals surface area contributed by atoms with Crippen LogP contribution in [-0.4, -0.2) is 43.4 Å². The second-order valence-corrected chi connectivity index (χ2v) is 5.42. The highest BCUT2D eigenvalue weighted by Gasteiger charge is 2.28. The molecule has 6 heteroatoms. The molecule has 0 saturated carbocycles. The molecule has 0 bridgehead atoms. The van der Waals surface area contributed by atoms with Crippen molar-refractivity contribution in [1.82, 2.24) is 5.06 Å². The van der Waals surface area contributed by atoms with E-state index in [-0.39, 0.29) is 12.5 Å². The van der Waals surface area contributed by atoms with Crippen LogP contribution in [0, 0.1) is 5.92 Å². The monoisotopic (exact) mass is 299 g/mol. The van der Waals surface area contributed by atoms with Crippen LogP contribution in [0.3, 0.4) is 0 Å². The van der Waals surface area contributed by atoms with Gasteiger partial charge in [-0.25, -0.2) is 4.79 Å². The molecule has 0 unspecified atom stereocenters. The van der Waals surface area contributed by atoms with Crippen LogP contribution in [0.4, 0.5) is 0 Å². The van der Waals surface area contributed by atoms with Crippen LogP contribution in [0.15, 0.2) is 12.3 Å². The molecule has 0 radical (unpaired) electrons. The Kier molecular flexibility index (Phi) is 8.00. The summed E-state index contributed by atoms with van der Waals surface area (Å²) in [5.74, 6) is -0.171. The van der Waals surface area contributed by atoms with Gasteiger partial charge < -0.3 is 14.3 Å². The minimum Gasteiger partial charge on any atom is -0.379 e. The van der Waals surface area contributed by atoms with Crippen LogP contribution in [0.2, 0.25) is 0 Å². The first-order valence-electron chi connectivity index (χ1n) is 7.37. The van der Waals surface area contributed by atoms with Gasteiger partial charge in [-0.3, -0.25) is 4.79 Å². The van der Waals surface area contributed by atoms with Gasteiger partial charge in [0.2, 0.25) is 0 Å². The quantitative estimate of drug-likeness (QED) is 0.578. The smallest absolute Gasteiger partial charge is 0.358 e. The first kappa shape index (κ1) is 17.7. The molecular formula is C15H25NO5. The summed E-state index contributed by atoms with van der Waals surface area (Å²) < 4.78 is 10.5. The van der Waals surface area contributed by atoms with E-state index in [0.717, 1.165) is 17.9 Å². The first-order chi connectivity index (χ1) is 10.0. The molecule has 0 aromatic carbocycles. The fourth-order valence-electron chi connectivity index (χ4n) is 1.84. The van der Waals surface area contributed by atoms with Gasteiger partial charge in [-0.1, -0.05) is 20.4 Å². The first-order valence-corrected chi connectivity index (χ1v) is 7.37. The van der Waals surface area contributed by atoms with Gasteiger partial charge >= 0.3 is 5.97 Å². The van der Waals surface area contributed by atoms with E-state index in [0.29, 0.717) is 44.3 Å². The van der Waals surface area contributed by atoms with Crippen molar-refractivity contribution in [3.63, 3.8) is 0 Å². The van der Waals surface area contributed by atoms with E-state index in [2.05, 4.69) is 20.4 Å². The molecule has 1 amide bonds. The van der Waals surface area contributed by atoms with Crippen molar-refractivity contribution in [2.24, 2.45) is 5.92 Å². The fraction of sp³-hybridized carbons (Fsp3) is 0.733. The minimum atomic E-state index is -0.605. The molecule has 0 N–H and O–H groups in total. The average Bonchev–Trinajstić information content (AvgIpc) is 2.73. The Hall–Kier alpha value is -1.40. The number of ether oxygens (including phenoxy) is 2. The molecule has 1 aliphatic rings. The fourth-order valence-corrected chi connectivity index (χ4v) is 1.84. The zero-order valence-corrected chi connectivity index (χ0v) is 12.9. The van der Waals surface area contributed by atoms with E-state index in [4.69, 9.17) is 14.3 Å².